The second kappa shape index (κ2) is 18.6. The largest absolute Gasteiger partial charge is 0.462 e. The molecule has 0 amide bonds. The predicted molar refractivity (Wildman–Crippen MR) is 202 cm³/mol. The van der Waals surface area contributed by atoms with Gasteiger partial charge in [-0.3, -0.25) is 19.3 Å². The summed E-state index contributed by atoms with van der Waals surface area (Å²) >= 11 is 0. The molecule has 0 N–H and O–H groups in total. The number of nitrogens with zero attached hydrogens (tertiary/aromatic N) is 2. The third-order valence-electron chi connectivity index (χ3n) is 9.16. The van der Waals surface area contributed by atoms with Crippen LogP contribution in [0.5, 0.6) is 0 Å². The van der Waals surface area contributed by atoms with Gasteiger partial charge in [-0.25, -0.2) is 0 Å². The van der Waals surface area contributed by atoms with E-state index in [4.69, 9.17) is 19.1 Å². The van der Waals surface area contributed by atoms with Crippen molar-refractivity contribution in [1.82, 2.24) is 10.1 Å². The van der Waals surface area contributed by atoms with Gasteiger partial charge in [-0.2, -0.15) is 10.1 Å². The van der Waals surface area contributed by atoms with Gasteiger partial charge in [-0.1, -0.05) is 102 Å². The van der Waals surface area contributed by atoms with E-state index in [1.165, 1.54) is 0 Å². The maximum atomic E-state index is 12.9. The number of esters is 2. The summed E-state index contributed by atoms with van der Waals surface area (Å²) in [6, 6.07) is 19.9. The van der Waals surface area contributed by atoms with Crippen molar-refractivity contribution >= 4 is 11.9 Å². The highest BCUT2D eigenvalue weighted by atomic mass is 16.7. The standard InChI is InChI=1S/C42H68N2O6/c1-31(39(3,4)5)43(41(9,10)11)49-35(33-23-17-15-18-24-33)29-47-37(45)27-21-22-28-38(46)48-30-36(34-25-19-16-20-26-34)50-44(42(12,13)14)32(2)40(6,7)8/h15-20,23-26,31-32,35-36H,21-22,27-30H2,1-14H3. The number of carbonyl (C=O) groups excluding carboxylic acids is 2. The molecule has 0 saturated carbocycles. The molecular formula is C42H68N2O6. The third-order valence-corrected chi connectivity index (χ3v) is 9.16. The van der Waals surface area contributed by atoms with Crippen molar-refractivity contribution in [1.29, 1.82) is 0 Å². The Morgan fingerprint density at radius 2 is 0.840 bits per heavy atom. The smallest absolute Gasteiger partial charge is 0.305 e. The molecule has 0 bridgehead atoms. The second-order valence-electron chi connectivity index (χ2n) is 17.7. The molecule has 2 aromatic carbocycles. The Balaban J connectivity index is 1.96. The van der Waals surface area contributed by atoms with E-state index in [0.29, 0.717) is 12.8 Å². The van der Waals surface area contributed by atoms with E-state index in [9.17, 15) is 9.59 Å². The van der Waals surface area contributed by atoms with Crippen LogP contribution in [0.1, 0.15) is 146 Å². The Morgan fingerprint density at radius 3 is 1.10 bits per heavy atom. The molecule has 0 aliphatic heterocycles. The Morgan fingerprint density at radius 1 is 0.540 bits per heavy atom. The maximum Gasteiger partial charge on any atom is 0.305 e. The molecule has 50 heavy (non-hydrogen) atoms. The number of hydrogen-bond donors (Lipinski definition) is 0. The topological polar surface area (TPSA) is 77.5 Å². The fourth-order valence-electron chi connectivity index (χ4n) is 5.37. The van der Waals surface area contributed by atoms with Gasteiger partial charge in [0, 0.05) is 36.0 Å². The quantitative estimate of drug-likeness (QED) is 0.0919. The van der Waals surface area contributed by atoms with Gasteiger partial charge in [0.15, 0.2) is 0 Å². The molecular weight excluding hydrogens is 628 g/mol. The zero-order valence-corrected chi connectivity index (χ0v) is 33.7. The Labute approximate surface area is 304 Å². The molecule has 4 atom stereocenters. The van der Waals surface area contributed by atoms with Gasteiger partial charge in [0.2, 0.25) is 0 Å². The molecule has 8 nitrogen and oxygen atoms in total. The molecule has 0 spiro atoms. The molecule has 2 aromatic rings. The molecule has 0 saturated heterocycles. The van der Waals surface area contributed by atoms with Crippen LogP contribution in [-0.4, -0.2) is 58.4 Å². The van der Waals surface area contributed by atoms with E-state index in [-0.39, 0.29) is 72.0 Å². The lowest BCUT2D eigenvalue weighted by atomic mass is 9.86. The van der Waals surface area contributed by atoms with Crippen molar-refractivity contribution in [3.63, 3.8) is 0 Å². The van der Waals surface area contributed by atoms with Gasteiger partial charge >= 0.3 is 11.9 Å². The van der Waals surface area contributed by atoms with Crippen molar-refractivity contribution in [2.45, 2.75) is 158 Å². The first kappa shape index (κ1) is 43.4. The first-order valence-corrected chi connectivity index (χ1v) is 18.3. The van der Waals surface area contributed by atoms with Gasteiger partial charge in [0.1, 0.15) is 25.4 Å². The van der Waals surface area contributed by atoms with Crippen molar-refractivity contribution in [2.75, 3.05) is 13.2 Å². The van der Waals surface area contributed by atoms with Crippen LogP contribution in [0.25, 0.3) is 0 Å². The second-order valence-corrected chi connectivity index (χ2v) is 17.7. The van der Waals surface area contributed by atoms with Crippen LogP contribution in [0.15, 0.2) is 60.7 Å². The van der Waals surface area contributed by atoms with E-state index in [1.54, 1.807) is 0 Å². The summed E-state index contributed by atoms with van der Waals surface area (Å²) in [4.78, 5) is 39.0. The molecule has 0 radical (unpaired) electrons. The molecule has 8 heteroatoms. The third kappa shape index (κ3) is 14.5. The Kier molecular flexibility index (Phi) is 16.2. The van der Waals surface area contributed by atoms with E-state index in [1.807, 2.05) is 70.8 Å². The predicted octanol–water partition coefficient (Wildman–Crippen LogP) is 10.0. The zero-order valence-electron chi connectivity index (χ0n) is 33.7. The average molecular weight is 697 g/mol. The summed E-state index contributed by atoms with van der Waals surface area (Å²) in [5, 5.41) is 4.06. The number of benzene rings is 2. The van der Waals surface area contributed by atoms with Gasteiger partial charge in [0.25, 0.3) is 0 Å². The normalized spacial score (nSPS) is 15.4. The summed E-state index contributed by atoms with van der Waals surface area (Å²) in [5.41, 5.74) is 1.27. The molecule has 2 rings (SSSR count). The van der Waals surface area contributed by atoms with Crippen LogP contribution in [0.2, 0.25) is 0 Å². The van der Waals surface area contributed by atoms with E-state index < -0.39 is 12.2 Å². The van der Waals surface area contributed by atoms with Crippen LogP contribution >= 0.6 is 0 Å². The van der Waals surface area contributed by atoms with Crippen LogP contribution in [0, 0.1) is 10.8 Å². The monoisotopic (exact) mass is 697 g/mol. The first-order chi connectivity index (χ1) is 23.0. The average Bonchev–Trinajstić information content (AvgIpc) is 3.01. The molecule has 282 valence electrons. The minimum absolute atomic E-state index is 0.0283. The van der Waals surface area contributed by atoms with E-state index in [0.717, 1.165) is 11.1 Å². The number of hydrogen-bond acceptors (Lipinski definition) is 8. The lowest BCUT2D eigenvalue weighted by Crippen LogP contribution is -2.52. The molecule has 4 unspecified atom stereocenters. The fourth-order valence-corrected chi connectivity index (χ4v) is 5.37. The molecule has 0 aliphatic carbocycles. The molecule has 0 aliphatic rings. The number of carbonyl (C=O) groups is 2. The lowest BCUT2D eigenvalue weighted by molar-refractivity contribution is -0.284. The first-order valence-electron chi connectivity index (χ1n) is 18.3. The highest BCUT2D eigenvalue weighted by molar-refractivity contribution is 5.70. The molecule has 0 aromatic heterocycles. The molecule has 0 fully saturated rings. The van der Waals surface area contributed by atoms with Crippen LogP contribution in [0.4, 0.5) is 0 Å². The lowest BCUT2D eigenvalue weighted by Gasteiger charge is -2.45. The number of rotatable bonds is 17. The summed E-state index contributed by atoms with van der Waals surface area (Å²) in [7, 11) is 0. The summed E-state index contributed by atoms with van der Waals surface area (Å²) in [5.74, 6) is -0.635. The van der Waals surface area contributed by atoms with Crippen molar-refractivity contribution in [2.24, 2.45) is 10.8 Å². The van der Waals surface area contributed by atoms with Crippen LogP contribution < -0.4 is 0 Å². The zero-order chi connectivity index (χ0) is 37.9. The van der Waals surface area contributed by atoms with Crippen molar-refractivity contribution in [3.8, 4) is 0 Å². The van der Waals surface area contributed by atoms with Crippen molar-refractivity contribution in [3.05, 3.63) is 71.8 Å². The van der Waals surface area contributed by atoms with Gasteiger partial charge in [-0.05, 0) is 90.2 Å². The maximum absolute atomic E-state index is 12.9. The van der Waals surface area contributed by atoms with Crippen LogP contribution in [-0.2, 0) is 28.7 Å². The Hall–Kier alpha value is -2.78. The number of ether oxygens (including phenoxy) is 2. The van der Waals surface area contributed by atoms with Crippen LogP contribution in [0.3, 0.4) is 0 Å². The minimum atomic E-state index is -0.459. The van der Waals surface area contributed by atoms with Gasteiger partial charge < -0.3 is 9.47 Å². The van der Waals surface area contributed by atoms with Crippen molar-refractivity contribution < 1.29 is 28.7 Å². The summed E-state index contributed by atoms with van der Waals surface area (Å²) < 4.78 is 11.5. The highest BCUT2D eigenvalue weighted by Crippen LogP contribution is 2.35. The SMILES string of the molecule is CC(N(OC(COC(=O)CCCCC(=O)OCC(ON(C(C)C(C)(C)C)C(C)(C)C)c1ccccc1)c1ccccc1)C(C)(C)C)C(C)(C)C. The number of hydroxylamine groups is 4. The summed E-state index contributed by atoms with van der Waals surface area (Å²) in [6.45, 7) is 30.4. The molecule has 0 heterocycles. The van der Waals surface area contributed by atoms with Gasteiger partial charge in [0.05, 0.1) is 0 Å². The fraction of sp³-hybridized carbons (Fsp3) is 0.667. The Bertz CT molecular complexity index is 1190. The van der Waals surface area contributed by atoms with Gasteiger partial charge in [-0.15, -0.1) is 0 Å². The number of unbranched alkanes of at least 4 members (excludes halogenated alkanes) is 1. The minimum Gasteiger partial charge on any atom is -0.462 e. The van der Waals surface area contributed by atoms with E-state index in [2.05, 4.69) is 96.9 Å². The summed E-state index contributed by atoms with van der Waals surface area (Å²) in [6.07, 6.45) is 0.520. The van der Waals surface area contributed by atoms with E-state index >= 15 is 0 Å². The highest BCUT2D eigenvalue weighted by Gasteiger charge is 2.38.